The predicted molar refractivity (Wildman–Crippen MR) is 90.9 cm³/mol. The second-order valence-electron chi connectivity index (χ2n) is 6.10. The van der Waals surface area contributed by atoms with Gasteiger partial charge in [-0.15, -0.1) is 0 Å². The maximum Gasteiger partial charge on any atom is 0.0710 e. The molecule has 1 aliphatic carbocycles. The lowest BCUT2D eigenvalue weighted by molar-refractivity contribution is 0.458. The highest BCUT2D eigenvalue weighted by Gasteiger charge is 2.18. The van der Waals surface area contributed by atoms with Crippen LogP contribution in [-0.4, -0.2) is 21.2 Å². The SMILES string of the molecule is c1cncc(-c2[nH]ncc2CNC2CCc3ccccc3C2)c1. The normalized spacial score (nSPS) is 17.0. The molecule has 0 fully saturated rings. The van der Waals surface area contributed by atoms with Crippen LogP contribution in [0.25, 0.3) is 11.3 Å². The maximum atomic E-state index is 4.21. The van der Waals surface area contributed by atoms with Crippen LogP contribution in [0.3, 0.4) is 0 Å². The standard InChI is InChI=1S/C19H20N4/c1-2-5-15-10-18(8-7-14(15)4-1)21-12-17-13-22-23-19(17)16-6-3-9-20-11-16/h1-6,9,11,13,18,21H,7-8,10,12H2,(H,22,23). The fourth-order valence-electron chi connectivity index (χ4n) is 3.33. The van der Waals surface area contributed by atoms with E-state index >= 15 is 0 Å². The van der Waals surface area contributed by atoms with Gasteiger partial charge in [0.25, 0.3) is 0 Å². The summed E-state index contributed by atoms with van der Waals surface area (Å²) >= 11 is 0. The van der Waals surface area contributed by atoms with Crippen molar-refractivity contribution in [3.05, 3.63) is 71.7 Å². The minimum atomic E-state index is 0.529. The zero-order chi connectivity index (χ0) is 15.5. The highest BCUT2D eigenvalue weighted by molar-refractivity contribution is 5.61. The van der Waals surface area contributed by atoms with Crippen molar-refractivity contribution in [3.8, 4) is 11.3 Å². The number of hydrogen-bond acceptors (Lipinski definition) is 3. The highest BCUT2D eigenvalue weighted by Crippen LogP contribution is 2.23. The number of pyridine rings is 1. The molecular formula is C19H20N4. The number of benzene rings is 1. The first-order valence-electron chi connectivity index (χ1n) is 8.13. The average molecular weight is 304 g/mol. The Morgan fingerprint density at radius 3 is 2.87 bits per heavy atom. The molecule has 4 rings (SSSR count). The van der Waals surface area contributed by atoms with E-state index in [1.54, 1.807) is 6.20 Å². The molecule has 0 aliphatic heterocycles. The summed E-state index contributed by atoms with van der Waals surface area (Å²) in [7, 11) is 0. The smallest absolute Gasteiger partial charge is 0.0710 e. The lowest BCUT2D eigenvalue weighted by Crippen LogP contribution is -2.34. The topological polar surface area (TPSA) is 53.6 Å². The summed E-state index contributed by atoms with van der Waals surface area (Å²) in [4.78, 5) is 4.19. The van der Waals surface area contributed by atoms with Crippen molar-refractivity contribution in [2.75, 3.05) is 0 Å². The maximum absolute atomic E-state index is 4.21. The third-order valence-electron chi connectivity index (χ3n) is 4.60. The van der Waals surface area contributed by atoms with Crippen molar-refractivity contribution >= 4 is 0 Å². The van der Waals surface area contributed by atoms with Crippen LogP contribution in [0.4, 0.5) is 0 Å². The Kier molecular flexibility index (Phi) is 3.90. The zero-order valence-corrected chi connectivity index (χ0v) is 13.0. The molecule has 3 aromatic rings. The van der Waals surface area contributed by atoms with Crippen LogP contribution in [-0.2, 0) is 19.4 Å². The molecule has 23 heavy (non-hydrogen) atoms. The van der Waals surface area contributed by atoms with Gasteiger partial charge in [0.05, 0.1) is 11.9 Å². The summed E-state index contributed by atoms with van der Waals surface area (Å²) in [5.74, 6) is 0. The second kappa shape index (κ2) is 6.34. The molecule has 0 saturated carbocycles. The fourth-order valence-corrected chi connectivity index (χ4v) is 3.33. The van der Waals surface area contributed by atoms with E-state index in [-0.39, 0.29) is 0 Å². The first kappa shape index (κ1) is 14.2. The molecule has 2 heterocycles. The Morgan fingerprint density at radius 2 is 2.00 bits per heavy atom. The van der Waals surface area contributed by atoms with Crippen molar-refractivity contribution in [2.24, 2.45) is 0 Å². The van der Waals surface area contributed by atoms with E-state index < -0.39 is 0 Å². The van der Waals surface area contributed by atoms with E-state index in [9.17, 15) is 0 Å². The molecule has 0 bridgehead atoms. The van der Waals surface area contributed by atoms with Gasteiger partial charge in [0.1, 0.15) is 0 Å². The van der Waals surface area contributed by atoms with Crippen molar-refractivity contribution in [1.82, 2.24) is 20.5 Å². The molecule has 1 aliphatic rings. The van der Waals surface area contributed by atoms with Crippen molar-refractivity contribution < 1.29 is 0 Å². The number of aryl methyl sites for hydroxylation is 1. The summed E-state index contributed by atoms with van der Waals surface area (Å²) in [5.41, 5.74) is 6.32. The van der Waals surface area contributed by atoms with Gasteiger partial charge in [-0.3, -0.25) is 10.1 Å². The quantitative estimate of drug-likeness (QED) is 0.778. The van der Waals surface area contributed by atoms with Gasteiger partial charge in [-0.1, -0.05) is 24.3 Å². The van der Waals surface area contributed by atoms with Gasteiger partial charge in [-0.2, -0.15) is 5.10 Å². The molecule has 0 spiro atoms. The molecule has 1 aromatic carbocycles. The van der Waals surface area contributed by atoms with E-state index in [2.05, 4.69) is 50.8 Å². The van der Waals surface area contributed by atoms with Crippen LogP contribution in [0.5, 0.6) is 0 Å². The van der Waals surface area contributed by atoms with Gasteiger partial charge in [-0.25, -0.2) is 0 Å². The largest absolute Gasteiger partial charge is 0.309 e. The third-order valence-corrected chi connectivity index (χ3v) is 4.60. The summed E-state index contributed by atoms with van der Waals surface area (Å²) in [6.45, 7) is 0.827. The lowest BCUT2D eigenvalue weighted by atomic mass is 9.88. The highest BCUT2D eigenvalue weighted by atomic mass is 15.1. The molecule has 0 amide bonds. The Balaban J connectivity index is 1.44. The molecular weight excluding hydrogens is 284 g/mol. The first-order valence-corrected chi connectivity index (χ1v) is 8.13. The van der Waals surface area contributed by atoms with Crippen LogP contribution in [0.2, 0.25) is 0 Å². The number of hydrogen-bond donors (Lipinski definition) is 2. The third kappa shape index (κ3) is 3.03. The number of rotatable bonds is 4. The lowest BCUT2D eigenvalue weighted by Gasteiger charge is -2.25. The number of H-pyrrole nitrogens is 1. The molecule has 0 radical (unpaired) electrons. The molecule has 2 aromatic heterocycles. The van der Waals surface area contributed by atoms with Crippen molar-refractivity contribution in [3.63, 3.8) is 0 Å². The number of nitrogens with one attached hydrogen (secondary N) is 2. The Hall–Kier alpha value is -2.46. The van der Waals surface area contributed by atoms with Crippen molar-refractivity contribution in [2.45, 2.75) is 31.8 Å². The van der Waals surface area contributed by atoms with Crippen LogP contribution in [0, 0.1) is 0 Å². The Labute approximate surface area is 136 Å². The summed E-state index contributed by atoms with van der Waals surface area (Å²) in [5, 5.41) is 11.0. The van der Waals surface area contributed by atoms with E-state index in [4.69, 9.17) is 0 Å². The van der Waals surface area contributed by atoms with Gasteiger partial charge in [0.2, 0.25) is 0 Å². The predicted octanol–water partition coefficient (Wildman–Crippen LogP) is 3.12. The van der Waals surface area contributed by atoms with E-state index in [1.165, 1.54) is 23.1 Å². The zero-order valence-electron chi connectivity index (χ0n) is 13.0. The number of fused-ring (bicyclic) bond motifs is 1. The van der Waals surface area contributed by atoms with Gasteiger partial charge < -0.3 is 5.32 Å². The minimum absolute atomic E-state index is 0.529. The Bertz CT molecular complexity index is 779. The van der Waals surface area contributed by atoms with Crippen LogP contribution < -0.4 is 5.32 Å². The van der Waals surface area contributed by atoms with Crippen LogP contribution >= 0.6 is 0 Å². The molecule has 1 atom stereocenters. The average Bonchev–Trinajstić information content (AvgIpc) is 3.09. The van der Waals surface area contributed by atoms with E-state index in [0.717, 1.165) is 30.6 Å². The monoisotopic (exact) mass is 304 g/mol. The molecule has 0 saturated heterocycles. The van der Waals surface area contributed by atoms with Gasteiger partial charge in [0, 0.05) is 36.1 Å². The van der Waals surface area contributed by atoms with E-state index in [1.807, 2.05) is 18.5 Å². The van der Waals surface area contributed by atoms with Crippen molar-refractivity contribution in [1.29, 1.82) is 0 Å². The first-order chi connectivity index (χ1) is 11.4. The fraction of sp³-hybridized carbons (Fsp3) is 0.263. The van der Waals surface area contributed by atoms with Crippen LogP contribution in [0.1, 0.15) is 23.1 Å². The van der Waals surface area contributed by atoms with E-state index in [0.29, 0.717) is 6.04 Å². The van der Waals surface area contributed by atoms with Gasteiger partial charge in [0.15, 0.2) is 0 Å². The molecule has 116 valence electrons. The van der Waals surface area contributed by atoms with Crippen LogP contribution in [0.15, 0.2) is 55.0 Å². The summed E-state index contributed by atoms with van der Waals surface area (Å²) in [6.07, 6.45) is 9.03. The summed E-state index contributed by atoms with van der Waals surface area (Å²) in [6, 6.07) is 13.3. The summed E-state index contributed by atoms with van der Waals surface area (Å²) < 4.78 is 0. The number of aromatic amines is 1. The van der Waals surface area contributed by atoms with Gasteiger partial charge in [-0.05, 0) is 42.5 Å². The number of nitrogens with zero attached hydrogens (tertiary/aromatic N) is 2. The molecule has 4 heteroatoms. The molecule has 1 unspecified atom stereocenters. The molecule has 4 nitrogen and oxygen atoms in total. The van der Waals surface area contributed by atoms with Gasteiger partial charge >= 0.3 is 0 Å². The molecule has 2 N–H and O–H groups in total. The second-order valence-corrected chi connectivity index (χ2v) is 6.10. The minimum Gasteiger partial charge on any atom is -0.309 e. The Morgan fingerprint density at radius 1 is 1.09 bits per heavy atom. The number of aromatic nitrogens is 3.